The summed E-state index contributed by atoms with van der Waals surface area (Å²) in [6, 6.07) is 13.7. The number of rotatable bonds is 7. The Morgan fingerprint density at radius 2 is 1.96 bits per heavy atom. The first-order chi connectivity index (χ1) is 12.7. The third-order valence-electron chi connectivity index (χ3n) is 5.21. The maximum Gasteiger partial charge on any atom is 0.227 e. The number of hydrogen-bond donors (Lipinski definition) is 2. The minimum Gasteiger partial charge on any atom is -0.396 e. The molecule has 3 rings (SSSR count). The second-order valence-electron chi connectivity index (χ2n) is 7.02. The zero-order chi connectivity index (χ0) is 18.2. The van der Waals surface area contributed by atoms with Crippen LogP contribution in [0.15, 0.2) is 54.9 Å². The van der Waals surface area contributed by atoms with Crippen LogP contribution in [0.2, 0.25) is 0 Å². The number of aromatic nitrogens is 1. The lowest BCUT2D eigenvalue weighted by molar-refractivity contribution is -0.123. The van der Waals surface area contributed by atoms with Crippen molar-refractivity contribution in [3.63, 3.8) is 0 Å². The van der Waals surface area contributed by atoms with Crippen LogP contribution in [0, 0.1) is 5.41 Å². The Balaban J connectivity index is 1.72. The number of ether oxygens (including phenoxy) is 1. The normalized spacial score (nSPS) is 17.4. The molecule has 26 heavy (non-hydrogen) atoms. The first kappa shape index (κ1) is 18.5. The van der Waals surface area contributed by atoms with Gasteiger partial charge in [-0.05, 0) is 36.5 Å². The molecule has 1 aliphatic rings. The van der Waals surface area contributed by atoms with Crippen molar-refractivity contribution in [1.82, 2.24) is 10.3 Å². The lowest BCUT2D eigenvalue weighted by atomic mass is 9.80. The third kappa shape index (κ3) is 4.68. The monoisotopic (exact) mass is 354 g/mol. The molecule has 1 aromatic heterocycles. The van der Waals surface area contributed by atoms with E-state index in [0.29, 0.717) is 26.2 Å². The summed E-state index contributed by atoms with van der Waals surface area (Å²) in [5, 5.41) is 12.9. The number of aliphatic hydroxyl groups excluding tert-OH is 1. The fourth-order valence-corrected chi connectivity index (χ4v) is 3.39. The number of carbonyl (C=O) groups is 1. The Hall–Kier alpha value is -2.24. The second-order valence-corrected chi connectivity index (χ2v) is 7.02. The number of carbonyl (C=O) groups excluding carboxylic acids is 1. The van der Waals surface area contributed by atoms with E-state index >= 15 is 0 Å². The van der Waals surface area contributed by atoms with Crippen LogP contribution < -0.4 is 5.32 Å². The average Bonchev–Trinajstić information content (AvgIpc) is 2.72. The molecule has 5 heteroatoms. The molecule has 2 N–H and O–H groups in total. The van der Waals surface area contributed by atoms with Crippen LogP contribution in [-0.2, 0) is 16.0 Å². The topological polar surface area (TPSA) is 71.5 Å². The van der Waals surface area contributed by atoms with Crippen LogP contribution in [0.4, 0.5) is 0 Å². The number of nitrogens with one attached hydrogen (secondary N) is 1. The smallest absolute Gasteiger partial charge is 0.227 e. The molecule has 0 saturated carbocycles. The molecule has 0 radical (unpaired) electrons. The van der Waals surface area contributed by atoms with Crippen LogP contribution in [0.1, 0.15) is 29.9 Å². The Morgan fingerprint density at radius 1 is 1.19 bits per heavy atom. The maximum atomic E-state index is 13.0. The zero-order valence-electron chi connectivity index (χ0n) is 14.9. The van der Waals surface area contributed by atoms with Crippen LogP contribution in [0.3, 0.4) is 0 Å². The van der Waals surface area contributed by atoms with Crippen molar-refractivity contribution in [2.24, 2.45) is 5.41 Å². The SMILES string of the molecule is O=C(NCC1(CO)CCOCC1)C(Cc1cccnc1)c1ccccc1. The van der Waals surface area contributed by atoms with E-state index in [1.807, 2.05) is 42.5 Å². The first-order valence-corrected chi connectivity index (χ1v) is 9.13. The van der Waals surface area contributed by atoms with Gasteiger partial charge >= 0.3 is 0 Å². The zero-order valence-corrected chi connectivity index (χ0v) is 14.9. The van der Waals surface area contributed by atoms with Crippen molar-refractivity contribution in [3.05, 3.63) is 66.0 Å². The summed E-state index contributed by atoms with van der Waals surface area (Å²) in [6.45, 7) is 1.81. The molecule has 0 aliphatic carbocycles. The molecule has 1 aliphatic heterocycles. The number of pyridine rings is 1. The molecular formula is C21H26N2O3. The molecule has 0 spiro atoms. The van der Waals surface area contributed by atoms with Gasteiger partial charge in [-0.2, -0.15) is 0 Å². The van der Waals surface area contributed by atoms with Gasteiger partial charge in [0.25, 0.3) is 0 Å². The van der Waals surface area contributed by atoms with Crippen molar-refractivity contribution < 1.29 is 14.6 Å². The predicted molar refractivity (Wildman–Crippen MR) is 99.7 cm³/mol. The fourth-order valence-electron chi connectivity index (χ4n) is 3.39. The van der Waals surface area contributed by atoms with Gasteiger partial charge in [0.1, 0.15) is 0 Å². The summed E-state index contributed by atoms with van der Waals surface area (Å²) in [5.74, 6) is -0.296. The van der Waals surface area contributed by atoms with Crippen molar-refractivity contribution in [2.75, 3.05) is 26.4 Å². The molecule has 138 valence electrons. The second kappa shape index (κ2) is 8.92. The highest BCUT2D eigenvalue weighted by molar-refractivity contribution is 5.84. The highest BCUT2D eigenvalue weighted by Gasteiger charge is 2.33. The van der Waals surface area contributed by atoms with E-state index in [2.05, 4.69) is 10.3 Å². The molecule has 5 nitrogen and oxygen atoms in total. The summed E-state index contributed by atoms with van der Waals surface area (Å²) in [6.07, 6.45) is 5.66. The molecule has 1 atom stereocenters. The Labute approximate surface area is 154 Å². The van der Waals surface area contributed by atoms with Gasteiger partial charge in [-0.1, -0.05) is 36.4 Å². The van der Waals surface area contributed by atoms with E-state index in [-0.39, 0.29) is 23.8 Å². The largest absolute Gasteiger partial charge is 0.396 e. The van der Waals surface area contributed by atoms with Gasteiger partial charge in [-0.15, -0.1) is 0 Å². The van der Waals surface area contributed by atoms with Gasteiger partial charge in [-0.25, -0.2) is 0 Å². The quantitative estimate of drug-likeness (QED) is 0.800. The minimum atomic E-state index is -0.281. The summed E-state index contributed by atoms with van der Waals surface area (Å²) in [7, 11) is 0. The van der Waals surface area contributed by atoms with Crippen molar-refractivity contribution >= 4 is 5.91 Å². The molecule has 2 aromatic rings. The highest BCUT2D eigenvalue weighted by atomic mass is 16.5. The van der Waals surface area contributed by atoms with Gasteiger partial charge < -0.3 is 15.2 Å². The summed E-state index contributed by atoms with van der Waals surface area (Å²) < 4.78 is 5.40. The van der Waals surface area contributed by atoms with E-state index in [9.17, 15) is 9.90 Å². The van der Waals surface area contributed by atoms with Crippen molar-refractivity contribution in [1.29, 1.82) is 0 Å². The fraction of sp³-hybridized carbons (Fsp3) is 0.429. The Bertz CT molecular complexity index is 685. The van der Waals surface area contributed by atoms with Crippen LogP contribution in [-0.4, -0.2) is 42.4 Å². The number of nitrogens with zero attached hydrogens (tertiary/aromatic N) is 1. The number of benzene rings is 1. The molecule has 0 bridgehead atoms. The highest BCUT2D eigenvalue weighted by Crippen LogP contribution is 2.29. The molecule has 1 unspecified atom stereocenters. The molecule has 1 fully saturated rings. The summed E-state index contributed by atoms with van der Waals surface area (Å²) in [4.78, 5) is 17.2. The first-order valence-electron chi connectivity index (χ1n) is 9.13. The summed E-state index contributed by atoms with van der Waals surface area (Å²) >= 11 is 0. The summed E-state index contributed by atoms with van der Waals surface area (Å²) in [5.41, 5.74) is 1.74. The molecule has 1 amide bonds. The van der Waals surface area contributed by atoms with Gasteiger partial charge in [0.2, 0.25) is 5.91 Å². The van der Waals surface area contributed by atoms with Crippen molar-refractivity contribution in [3.8, 4) is 0 Å². The minimum absolute atomic E-state index is 0.0145. The Morgan fingerprint density at radius 3 is 2.62 bits per heavy atom. The lowest BCUT2D eigenvalue weighted by Crippen LogP contribution is -2.45. The van der Waals surface area contributed by atoms with Crippen LogP contribution in [0.5, 0.6) is 0 Å². The van der Waals surface area contributed by atoms with Gasteiger partial charge in [-0.3, -0.25) is 9.78 Å². The Kier molecular flexibility index (Phi) is 6.36. The number of hydrogen-bond acceptors (Lipinski definition) is 4. The van der Waals surface area contributed by atoms with Gasteiger partial charge in [0, 0.05) is 37.6 Å². The van der Waals surface area contributed by atoms with E-state index in [1.165, 1.54) is 0 Å². The number of amides is 1. The van der Waals surface area contributed by atoms with E-state index in [1.54, 1.807) is 12.4 Å². The third-order valence-corrected chi connectivity index (χ3v) is 5.21. The molecule has 1 saturated heterocycles. The van der Waals surface area contributed by atoms with E-state index < -0.39 is 0 Å². The van der Waals surface area contributed by atoms with E-state index in [4.69, 9.17) is 4.74 Å². The standard InChI is InChI=1S/C21H26N2O3/c24-16-21(8-11-26-12-9-21)15-23-20(25)19(18-6-2-1-3-7-18)13-17-5-4-10-22-14-17/h1-7,10,14,19,24H,8-9,11-13,15-16H2,(H,23,25). The van der Waals surface area contributed by atoms with Crippen molar-refractivity contribution in [2.45, 2.75) is 25.2 Å². The van der Waals surface area contributed by atoms with Gasteiger partial charge in [0.05, 0.1) is 12.5 Å². The van der Waals surface area contributed by atoms with Crippen LogP contribution >= 0.6 is 0 Å². The lowest BCUT2D eigenvalue weighted by Gasteiger charge is -2.36. The predicted octanol–water partition coefficient (Wildman–Crippen LogP) is 2.31. The maximum absolute atomic E-state index is 13.0. The molecule has 2 heterocycles. The average molecular weight is 354 g/mol. The number of aliphatic hydroxyl groups is 1. The van der Waals surface area contributed by atoms with Crippen LogP contribution in [0.25, 0.3) is 0 Å². The van der Waals surface area contributed by atoms with E-state index in [0.717, 1.165) is 24.0 Å². The van der Waals surface area contributed by atoms with Gasteiger partial charge in [0.15, 0.2) is 0 Å². The molecule has 1 aromatic carbocycles. The molecular weight excluding hydrogens is 328 g/mol.